The molecule has 0 aromatic heterocycles. The molecule has 0 bridgehead atoms. The van der Waals surface area contributed by atoms with Crippen LogP contribution in [0.3, 0.4) is 0 Å². The van der Waals surface area contributed by atoms with Gasteiger partial charge in [0.2, 0.25) is 0 Å². The van der Waals surface area contributed by atoms with Crippen LogP contribution < -0.4 is 4.74 Å². The zero-order valence-electron chi connectivity index (χ0n) is 14.8. The molecule has 134 valence electrons. The molecule has 1 amide bonds. The number of ether oxygens (including phenoxy) is 2. The molecule has 3 aliphatic rings. The van der Waals surface area contributed by atoms with Crippen molar-refractivity contribution in [3.05, 3.63) is 41.5 Å². The Bertz CT molecular complexity index is 649. The molecule has 2 heterocycles. The van der Waals surface area contributed by atoms with Crippen molar-refractivity contribution in [3.8, 4) is 5.75 Å². The second-order valence-corrected chi connectivity index (χ2v) is 7.41. The maximum atomic E-state index is 13.0. The van der Waals surface area contributed by atoms with Gasteiger partial charge in [-0.05, 0) is 55.2 Å². The lowest BCUT2D eigenvalue weighted by atomic mass is 9.93. The molecule has 0 unspecified atom stereocenters. The molecule has 0 N–H and O–H groups in total. The van der Waals surface area contributed by atoms with Gasteiger partial charge >= 0.3 is 0 Å². The summed E-state index contributed by atoms with van der Waals surface area (Å²) in [5.74, 6) is 1.73. The van der Waals surface area contributed by atoms with Crippen LogP contribution in [0.15, 0.2) is 30.4 Å². The van der Waals surface area contributed by atoms with Gasteiger partial charge in [0.15, 0.2) is 0 Å². The Kier molecular flexibility index (Phi) is 5.07. The molecule has 1 saturated heterocycles. The van der Waals surface area contributed by atoms with Gasteiger partial charge in [-0.25, -0.2) is 0 Å². The number of nitrogens with zero attached hydrogens (tertiary/aromatic N) is 1. The first-order chi connectivity index (χ1) is 12.3. The smallest absolute Gasteiger partial charge is 0.252 e. The third-order valence-electron chi connectivity index (χ3n) is 5.50. The van der Waals surface area contributed by atoms with Gasteiger partial charge in [0, 0.05) is 26.1 Å². The van der Waals surface area contributed by atoms with Crippen molar-refractivity contribution >= 4 is 5.91 Å². The summed E-state index contributed by atoms with van der Waals surface area (Å²) in [7, 11) is 0. The van der Waals surface area contributed by atoms with Crippen molar-refractivity contribution in [2.24, 2.45) is 5.92 Å². The van der Waals surface area contributed by atoms with Gasteiger partial charge in [-0.3, -0.25) is 4.79 Å². The number of carbonyl (C=O) groups is 1. The molecule has 1 aromatic rings. The van der Waals surface area contributed by atoms with Crippen molar-refractivity contribution in [2.75, 3.05) is 19.8 Å². The average Bonchev–Trinajstić information content (AvgIpc) is 3.33. The lowest BCUT2D eigenvalue weighted by Crippen LogP contribution is -2.41. The third kappa shape index (κ3) is 3.90. The van der Waals surface area contributed by atoms with Crippen molar-refractivity contribution < 1.29 is 14.3 Å². The lowest BCUT2D eigenvalue weighted by Gasteiger charge is -2.30. The van der Waals surface area contributed by atoms with E-state index in [0.717, 1.165) is 51.0 Å². The molecule has 1 aliphatic carbocycles. The highest BCUT2D eigenvalue weighted by atomic mass is 16.5. The van der Waals surface area contributed by atoms with E-state index < -0.39 is 0 Å². The molecule has 2 aliphatic heterocycles. The average molecular weight is 341 g/mol. The Hall–Kier alpha value is -1.81. The van der Waals surface area contributed by atoms with E-state index in [4.69, 9.17) is 9.47 Å². The zero-order chi connectivity index (χ0) is 17.1. The van der Waals surface area contributed by atoms with Gasteiger partial charge < -0.3 is 14.4 Å². The molecule has 0 spiro atoms. The van der Waals surface area contributed by atoms with Crippen LogP contribution in [0.1, 0.15) is 43.2 Å². The molecule has 1 aromatic carbocycles. The normalized spacial score (nSPS) is 24.8. The van der Waals surface area contributed by atoms with Gasteiger partial charge in [0.1, 0.15) is 11.9 Å². The number of carbonyl (C=O) groups excluding carboxylic acids is 1. The van der Waals surface area contributed by atoms with E-state index in [1.54, 1.807) is 0 Å². The van der Waals surface area contributed by atoms with Crippen molar-refractivity contribution in [1.29, 1.82) is 0 Å². The Morgan fingerprint density at radius 2 is 2.16 bits per heavy atom. The second kappa shape index (κ2) is 7.61. The fraction of sp³-hybridized carbons (Fsp3) is 0.571. The number of hydrogen-bond acceptors (Lipinski definition) is 3. The number of allylic oxidation sites excluding steroid dienone is 2. The highest BCUT2D eigenvalue weighted by Gasteiger charge is 2.30. The lowest BCUT2D eigenvalue weighted by molar-refractivity contribution is -0.142. The van der Waals surface area contributed by atoms with Crippen LogP contribution in [-0.2, 0) is 22.5 Å². The van der Waals surface area contributed by atoms with E-state index in [9.17, 15) is 4.79 Å². The largest absolute Gasteiger partial charge is 0.493 e. The van der Waals surface area contributed by atoms with Gasteiger partial charge in [0.05, 0.1) is 6.61 Å². The Labute approximate surface area is 149 Å². The van der Waals surface area contributed by atoms with Crippen molar-refractivity contribution in [1.82, 2.24) is 4.90 Å². The minimum absolute atomic E-state index is 0.170. The van der Waals surface area contributed by atoms with E-state index >= 15 is 0 Å². The van der Waals surface area contributed by atoms with Crippen LogP contribution in [0.25, 0.3) is 0 Å². The number of fused-ring (bicyclic) bond motifs is 1. The van der Waals surface area contributed by atoms with Crippen LogP contribution in [0.2, 0.25) is 0 Å². The summed E-state index contributed by atoms with van der Waals surface area (Å²) in [4.78, 5) is 15.1. The van der Waals surface area contributed by atoms with Gasteiger partial charge in [0.25, 0.3) is 5.91 Å². The Balaban J connectivity index is 1.49. The standard InChI is InChI=1S/C21H27NO3/c23-21(20-7-4-11-24-20)22(14-16-5-2-1-3-6-16)15-17-8-9-19-18(13-17)10-12-25-19/h1-2,8-9,13,16,20H,3-7,10-12,14-15H2/t16-,20-/m0/s1. The number of amides is 1. The summed E-state index contributed by atoms with van der Waals surface area (Å²) in [5, 5.41) is 0. The summed E-state index contributed by atoms with van der Waals surface area (Å²) in [6.45, 7) is 2.99. The molecule has 2 atom stereocenters. The predicted molar refractivity (Wildman–Crippen MR) is 96.5 cm³/mol. The minimum atomic E-state index is -0.239. The Morgan fingerprint density at radius 3 is 2.96 bits per heavy atom. The fourth-order valence-corrected chi connectivity index (χ4v) is 4.10. The first-order valence-corrected chi connectivity index (χ1v) is 9.59. The molecule has 25 heavy (non-hydrogen) atoms. The topological polar surface area (TPSA) is 38.8 Å². The van der Waals surface area contributed by atoms with Gasteiger partial charge in [-0.2, -0.15) is 0 Å². The third-order valence-corrected chi connectivity index (χ3v) is 5.50. The van der Waals surface area contributed by atoms with Crippen LogP contribution in [0.5, 0.6) is 5.75 Å². The number of rotatable bonds is 5. The molecule has 0 saturated carbocycles. The van der Waals surface area contributed by atoms with E-state index in [-0.39, 0.29) is 12.0 Å². The highest BCUT2D eigenvalue weighted by molar-refractivity contribution is 5.81. The SMILES string of the molecule is O=C([C@@H]1CCCO1)N(Cc1ccc2c(c1)CCO2)C[C@H]1CC=CCC1. The van der Waals surface area contributed by atoms with Crippen LogP contribution in [0.4, 0.5) is 0 Å². The summed E-state index contributed by atoms with van der Waals surface area (Å²) >= 11 is 0. The Morgan fingerprint density at radius 1 is 1.20 bits per heavy atom. The minimum Gasteiger partial charge on any atom is -0.493 e. The number of hydrogen-bond donors (Lipinski definition) is 0. The van der Waals surface area contributed by atoms with Gasteiger partial charge in [-0.1, -0.05) is 24.3 Å². The van der Waals surface area contributed by atoms with E-state index in [1.807, 2.05) is 4.90 Å². The summed E-state index contributed by atoms with van der Waals surface area (Å²) in [5.41, 5.74) is 2.46. The second-order valence-electron chi connectivity index (χ2n) is 7.41. The van der Waals surface area contributed by atoms with Crippen LogP contribution in [-0.4, -0.2) is 36.7 Å². The molecule has 4 nitrogen and oxygen atoms in total. The monoisotopic (exact) mass is 341 g/mol. The fourth-order valence-electron chi connectivity index (χ4n) is 4.10. The number of benzene rings is 1. The molecule has 0 radical (unpaired) electrons. The van der Waals surface area contributed by atoms with Crippen molar-refractivity contribution in [2.45, 2.75) is 51.2 Å². The van der Waals surface area contributed by atoms with E-state index in [0.29, 0.717) is 19.1 Å². The zero-order valence-corrected chi connectivity index (χ0v) is 14.8. The summed E-state index contributed by atoms with van der Waals surface area (Å²) in [6, 6.07) is 6.36. The molecular weight excluding hydrogens is 314 g/mol. The summed E-state index contributed by atoms with van der Waals surface area (Å²) < 4.78 is 11.3. The molecule has 4 rings (SSSR count). The van der Waals surface area contributed by atoms with Gasteiger partial charge in [-0.15, -0.1) is 0 Å². The maximum absolute atomic E-state index is 13.0. The van der Waals surface area contributed by atoms with Crippen molar-refractivity contribution in [3.63, 3.8) is 0 Å². The highest BCUT2D eigenvalue weighted by Crippen LogP contribution is 2.28. The van der Waals surface area contributed by atoms with Crippen LogP contribution in [0, 0.1) is 5.92 Å². The first-order valence-electron chi connectivity index (χ1n) is 9.59. The predicted octanol–water partition coefficient (Wildman–Crippen LogP) is 3.49. The molecular formula is C21H27NO3. The quantitative estimate of drug-likeness (QED) is 0.770. The summed E-state index contributed by atoms with van der Waals surface area (Å²) in [6.07, 6.45) is 10.5. The molecule has 4 heteroatoms. The van der Waals surface area contributed by atoms with E-state index in [2.05, 4.69) is 30.4 Å². The molecule has 1 fully saturated rings. The first kappa shape index (κ1) is 16.6. The van der Waals surface area contributed by atoms with E-state index in [1.165, 1.54) is 17.5 Å². The van der Waals surface area contributed by atoms with Crippen LogP contribution >= 0.6 is 0 Å². The maximum Gasteiger partial charge on any atom is 0.252 e.